The van der Waals surface area contributed by atoms with Crippen LogP contribution in [0.4, 0.5) is 9.93 Å². The molecule has 2 aromatic rings. The molecule has 8 nitrogen and oxygen atoms in total. The van der Waals surface area contributed by atoms with E-state index in [1.807, 2.05) is 31.2 Å². The van der Waals surface area contributed by atoms with E-state index in [-0.39, 0.29) is 11.9 Å². The van der Waals surface area contributed by atoms with Gasteiger partial charge in [0, 0.05) is 18.7 Å². The molecule has 1 fully saturated rings. The van der Waals surface area contributed by atoms with E-state index in [2.05, 4.69) is 20.8 Å². The number of hydrogen-bond donors (Lipinski definition) is 2. The summed E-state index contributed by atoms with van der Waals surface area (Å²) in [5.41, 5.74) is 0.868. The Hall–Kier alpha value is -2.68. The van der Waals surface area contributed by atoms with Crippen LogP contribution in [0.1, 0.15) is 19.8 Å². The molecule has 2 heterocycles. The molecule has 0 saturated carbocycles. The number of methoxy groups -OCH3 is 1. The molecule has 1 aromatic heterocycles. The summed E-state index contributed by atoms with van der Waals surface area (Å²) in [7, 11) is 1.60. The minimum absolute atomic E-state index is 0.209. The predicted molar refractivity (Wildman–Crippen MR) is 99.3 cm³/mol. The van der Waals surface area contributed by atoms with Crippen LogP contribution in [0.25, 0.3) is 10.6 Å². The second kappa shape index (κ2) is 8.13. The number of aromatic nitrogens is 2. The van der Waals surface area contributed by atoms with Crippen molar-refractivity contribution >= 4 is 28.4 Å². The van der Waals surface area contributed by atoms with Gasteiger partial charge in [-0.05, 0) is 31.9 Å². The van der Waals surface area contributed by atoms with Crippen LogP contribution in [0.5, 0.6) is 5.75 Å². The number of ether oxygens (including phenoxy) is 1. The first-order valence-electron chi connectivity index (χ1n) is 8.45. The molecule has 0 aliphatic carbocycles. The maximum Gasteiger partial charge on any atom is 0.318 e. The zero-order valence-electron chi connectivity index (χ0n) is 14.7. The van der Waals surface area contributed by atoms with Crippen LogP contribution in [0.15, 0.2) is 24.3 Å². The monoisotopic (exact) mass is 375 g/mol. The van der Waals surface area contributed by atoms with E-state index in [1.54, 1.807) is 12.0 Å². The molecule has 2 N–H and O–H groups in total. The highest BCUT2D eigenvalue weighted by molar-refractivity contribution is 7.18. The minimum Gasteiger partial charge on any atom is -0.497 e. The van der Waals surface area contributed by atoms with E-state index < -0.39 is 6.04 Å². The standard InChI is InChI=1S/C17H21N5O3S/c1-3-18-17(24)22-9-5-8-13(22)14(23)19-16-21-20-15(26-16)11-6-4-7-12(10-11)25-2/h4,6-7,10,13H,3,5,8-9H2,1-2H3,(H,18,24)(H,19,21,23). The molecule has 3 rings (SSSR count). The Labute approximate surface area is 155 Å². The van der Waals surface area contributed by atoms with Crippen molar-refractivity contribution in [2.75, 3.05) is 25.5 Å². The van der Waals surface area contributed by atoms with Gasteiger partial charge in [-0.3, -0.25) is 10.1 Å². The number of hydrogen-bond acceptors (Lipinski definition) is 6. The number of urea groups is 1. The summed E-state index contributed by atoms with van der Waals surface area (Å²) in [5.74, 6) is 0.494. The van der Waals surface area contributed by atoms with Crippen molar-refractivity contribution in [2.24, 2.45) is 0 Å². The fourth-order valence-electron chi connectivity index (χ4n) is 2.87. The molecule has 1 unspecified atom stereocenters. The van der Waals surface area contributed by atoms with Gasteiger partial charge in [-0.1, -0.05) is 23.5 Å². The molecule has 3 amide bonds. The first kappa shape index (κ1) is 18.1. The molecule has 26 heavy (non-hydrogen) atoms. The van der Waals surface area contributed by atoms with Crippen molar-refractivity contribution in [3.05, 3.63) is 24.3 Å². The van der Waals surface area contributed by atoms with E-state index in [4.69, 9.17) is 4.74 Å². The van der Waals surface area contributed by atoms with E-state index in [9.17, 15) is 9.59 Å². The number of carbonyl (C=O) groups excluding carboxylic acids is 2. The first-order chi connectivity index (χ1) is 12.6. The highest BCUT2D eigenvalue weighted by atomic mass is 32.1. The number of amides is 3. The third-order valence-electron chi connectivity index (χ3n) is 4.12. The summed E-state index contributed by atoms with van der Waals surface area (Å²) in [5, 5.41) is 14.8. The van der Waals surface area contributed by atoms with Crippen LogP contribution in [0.2, 0.25) is 0 Å². The summed E-state index contributed by atoms with van der Waals surface area (Å²) in [6.07, 6.45) is 1.45. The zero-order valence-corrected chi connectivity index (χ0v) is 15.5. The van der Waals surface area contributed by atoms with E-state index in [0.29, 0.717) is 29.6 Å². The summed E-state index contributed by atoms with van der Waals surface area (Å²) in [6, 6.07) is 6.80. The van der Waals surface area contributed by atoms with Gasteiger partial charge in [0.2, 0.25) is 11.0 Å². The number of anilines is 1. The van der Waals surface area contributed by atoms with E-state index in [1.165, 1.54) is 11.3 Å². The average Bonchev–Trinajstić information content (AvgIpc) is 3.31. The van der Waals surface area contributed by atoms with Crippen LogP contribution >= 0.6 is 11.3 Å². The van der Waals surface area contributed by atoms with Gasteiger partial charge in [0.05, 0.1) is 7.11 Å². The minimum atomic E-state index is -0.481. The molecular formula is C17H21N5O3S. The van der Waals surface area contributed by atoms with Crippen LogP contribution < -0.4 is 15.4 Å². The molecular weight excluding hydrogens is 354 g/mol. The van der Waals surface area contributed by atoms with Crippen molar-refractivity contribution in [1.82, 2.24) is 20.4 Å². The maximum atomic E-state index is 12.6. The third-order valence-corrected chi connectivity index (χ3v) is 5.00. The number of likely N-dealkylation sites (tertiary alicyclic amines) is 1. The van der Waals surface area contributed by atoms with Crippen molar-refractivity contribution in [1.29, 1.82) is 0 Å². The van der Waals surface area contributed by atoms with Gasteiger partial charge in [0.1, 0.15) is 16.8 Å². The van der Waals surface area contributed by atoms with Crippen LogP contribution in [-0.2, 0) is 4.79 Å². The summed E-state index contributed by atoms with van der Waals surface area (Å²) < 4.78 is 5.21. The number of rotatable bonds is 5. The average molecular weight is 375 g/mol. The van der Waals surface area contributed by atoms with Crippen molar-refractivity contribution in [3.63, 3.8) is 0 Å². The second-order valence-corrected chi connectivity index (χ2v) is 6.80. The van der Waals surface area contributed by atoms with Crippen LogP contribution in [-0.4, -0.2) is 53.3 Å². The lowest BCUT2D eigenvalue weighted by atomic mass is 10.2. The van der Waals surface area contributed by atoms with Crippen molar-refractivity contribution < 1.29 is 14.3 Å². The quantitative estimate of drug-likeness (QED) is 0.836. The number of benzene rings is 1. The van der Waals surface area contributed by atoms with Crippen molar-refractivity contribution in [2.45, 2.75) is 25.8 Å². The van der Waals surface area contributed by atoms with Gasteiger partial charge in [-0.2, -0.15) is 0 Å². The smallest absolute Gasteiger partial charge is 0.318 e. The number of carbonyl (C=O) groups is 2. The van der Waals surface area contributed by atoms with Gasteiger partial charge in [0.25, 0.3) is 0 Å². The third kappa shape index (κ3) is 3.93. The maximum absolute atomic E-state index is 12.6. The van der Waals surface area contributed by atoms with E-state index in [0.717, 1.165) is 17.7 Å². The Kier molecular flexibility index (Phi) is 5.67. The molecule has 0 spiro atoms. The topological polar surface area (TPSA) is 96.5 Å². The Morgan fingerprint density at radius 2 is 2.23 bits per heavy atom. The SMILES string of the molecule is CCNC(=O)N1CCCC1C(=O)Nc1nnc(-c2cccc(OC)c2)s1. The second-order valence-electron chi connectivity index (χ2n) is 5.82. The van der Waals surface area contributed by atoms with Gasteiger partial charge < -0.3 is 15.0 Å². The molecule has 1 atom stereocenters. The Bertz CT molecular complexity index is 794. The van der Waals surface area contributed by atoms with Crippen molar-refractivity contribution in [3.8, 4) is 16.3 Å². The largest absolute Gasteiger partial charge is 0.497 e. The van der Waals surface area contributed by atoms with Gasteiger partial charge in [0.15, 0.2) is 0 Å². The Morgan fingerprint density at radius 3 is 3.00 bits per heavy atom. The zero-order chi connectivity index (χ0) is 18.5. The fraction of sp³-hybridized carbons (Fsp3) is 0.412. The Balaban J connectivity index is 1.68. The lowest BCUT2D eigenvalue weighted by molar-refractivity contribution is -0.119. The molecule has 1 aliphatic rings. The van der Waals surface area contributed by atoms with Gasteiger partial charge in [-0.15, -0.1) is 10.2 Å². The molecule has 1 saturated heterocycles. The van der Waals surface area contributed by atoms with Gasteiger partial charge >= 0.3 is 6.03 Å². The molecule has 0 bridgehead atoms. The molecule has 9 heteroatoms. The number of nitrogens with zero attached hydrogens (tertiary/aromatic N) is 3. The summed E-state index contributed by atoms with van der Waals surface area (Å²) >= 11 is 1.28. The van der Waals surface area contributed by atoms with Gasteiger partial charge in [-0.25, -0.2) is 4.79 Å². The summed E-state index contributed by atoms with van der Waals surface area (Å²) in [6.45, 7) is 2.96. The lowest BCUT2D eigenvalue weighted by Gasteiger charge is -2.23. The molecule has 0 radical (unpaired) electrons. The predicted octanol–water partition coefficient (Wildman–Crippen LogP) is 2.35. The lowest BCUT2D eigenvalue weighted by Crippen LogP contribution is -2.47. The van der Waals surface area contributed by atoms with E-state index >= 15 is 0 Å². The number of nitrogens with one attached hydrogen (secondary N) is 2. The Morgan fingerprint density at radius 1 is 1.38 bits per heavy atom. The normalized spacial score (nSPS) is 16.4. The molecule has 1 aliphatic heterocycles. The molecule has 138 valence electrons. The van der Waals surface area contributed by atoms with Crippen LogP contribution in [0, 0.1) is 0 Å². The fourth-order valence-corrected chi connectivity index (χ4v) is 3.61. The highest BCUT2D eigenvalue weighted by Gasteiger charge is 2.34. The highest BCUT2D eigenvalue weighted by Crippen LogP contribution is 2.29. The molecule has 1 aromatic carbocycles. The first-order valence-corrected chi connectivity index (χ1v) is 9.27. The summed E-state index contributed by atoms with van der Waals surface area (Å²) in [4.78, 5) is 26.2. The van der Waals surface area contributed by atoms with Crippen LogP contribution in [0.3, 0.4) is 0 Å².